The van der Waals surface area contributed by atoms with E-state index in [2.05, 4.69) is 247 Å². The first-order chi connectivity index (χ1) is 37.7. The maximum Gasteiger partial charge on any atom is 0.441 e. The van der Waals surface area contributed by atoms with Crippen molar-refractivity contribution >= 4 is 79.4 Å². The van der Waals surface area contributed by atoms with E-state index < -0.39 is 16.1 Å². The monoisotopic (exact) mass is 1000 g/mol. The van der Waals surface area contributed by atoms with Crippen molar-refractivity contribution in [1.82, 2.24) is 19.5 Å². The van der Waals surface area contributed by atoms with Gasteiger partial charge in [0.15, 0.2) is 16.1 Å². The van der Waals surface area contributed by atoms with Crippen LogP contribution in [0.4, 0.5) is 0 Å². The molecule has 0 bridgehead atoms. The van der Waals surface area contributed by atoms with Gasteiger partial charge in [-0.3, -0.25) is 0 Å². The van der Waals surface area contributed by atoms with Gasteiger partial charge in [0.25, 0.3) is 0 Å². The number of rotatable bonds is 7. The third-order valence-electron chi connectivity index (χ3n) is 16.8. The molecule has 354 valence electrons. The van der Waals surface area contributed by atoms with Gasteiger partial charge in [0, 0.05) is 33.5 Å². The Balaban J connectivity index is 0.925. The van der Waals surface area contributed by atoms with Gasteiger partial charge in [-0.2, -0.15) is 4.98 Å². The van der Waals surface area contributed by atoms with Gasteiger partial charge in [-0.15, -0.1) is 0 Å². The van der Waals surface area contributed by atoms with Crippen LogP contribution in [-0.2, 0) is 0 Å². The molecule has 16 rings (SSSR count). The van der Waals surface area contributed by atoms with Crippen molar-refractivity contribution < 1.29 is 4.57 Å². The molecule has 2 aliphatic heterocycles. The highest BCUT2D eigenvalue weighted by Crippen LogP contribution is 2.49. The first kappa shape index (κ1) is 43.0. The predicted octanol–water partition coefficient (Wildman–Crippen LogP) is 9.12. The number of nitrogens with zero attached hydrogens (tertiary/aromatic N) is 5. The summed E-state index contributed by atoms with van der Waals surface area (Å²) in [5.74, 6) is 1.98. The summed E-state index contributed by atoms with van der Waals surface area (Å²) in [7, 11) is -6.03. The molecule has 5 nitrogen and oxygen atoms in total. The van der Waals surface area contributed by atoms with Crippen molar-refractivity contribution in [3.63, 3.8) is 0 Å². The summed E-state index contributed by atoms with van der Waals surface area (Å²) in [6.07, 6.45) is 4.04. The molecular weight excluding hydrogens is 955 g/mol. The summed E-state index contributed by atoms with van der Waals surface area (Å²) in [5.41, 5.74) is 12.5. The highest BCUT2D eigenvalue weighted by Gasteiger charge is 2.52. The van der Waals surface area contributed by atoms with Crippen LogP contribution in [0.15, 0.2) is 273 Å². The molecule has 1 aliphatic carbocycles. The fourth-order valence-corrected chi connectivity index (χ4v) is 24.3. The smallest absolute Gasteiger partial charge is 0.309 e. The SMILES string of the molecule is c1ccc([Si]2(c3cccc(-c4nc(-c5cccc([Si]6(c7ccccc7)c7ccccc7-n7c8ccccc8c8cccc6c87)c5)nc(-[n+]5ccccc5)n4)c3)c3ccccc3C3c4ccccc4-c4cccc2c43)cc1. The van der Waals surface area contributed by atoms with E-state index in [1.54, 1.807) is 0 Å². The summed E-state index contributed by atoms with van der Waals surface area (Å²) >= 11 is 0. The topological polar surface area (TPSA) is 47.5 Å². The molecule has 3 aromatic heterocycles. The minimum Gasteiger partial charge on any atom is -0.309 e. The molecule has 0 N–H and O–H groups in total. The largest absolute Gasteiger partial charge is 0.441 e. The van der Waals surface area contributed by atoms with E-state index in [4.69, 9.17) is 15.0 Å². The van der Waals surface area contributed by atoms with Crippen molar-refractivity contribution in [1.29, 1.82) is 0 Å². The van der Waals surface area contributed by atoms with Crippen molar-refractivity contribution in [2.24, 2.45) is 0 Å². The number of hydrogen-bond acceptors (Lipinski definition) is 3. The third-order valence-corrected chi connectivity index (χ3v) is 26.5. The lowest BCUT2D eigenvalue weighted by atomic mass is 9.89. The normalized spacial score (nSPS) is 17.4. The molecule has 5 heterocycles. The molecular formula is C69H46N5Si2+. The van der Waals surface area contributed by atoms with E-state index in [1.165, 1.54) is 96.8 Å². The average Bonchev–Trinajstić information content (AvgIpc) is 4.23. The summed E-state index contributed by atoms with van der Waals surface area (Å²) < 4.78 is 4.52. The molecule has 0 spiro atoms. The Morgan fingerprint density at radius 3 is 1.62 bits per heavy atom. The molecule has 76 heavy (non-hydrogen) atoms. The Morgan fingerprint density at radius 2 is 0.882 bits per heavy atom. The number of benzene rings is 10. The number of aromatic nitrogens is 5. The van der Waals surface area contributed by atoms with Gasteiger partial charge in [-0.25, -0.2) is 4.57 Å². The maximum atomic E-state index is 5.55. The molecule has 0 saturated heterocycles. The molecule has 3 unspecified atom stereocenters. The van der Waals surface area contributed by atoms with Crippen LogP contribution in [0.25, 0.3) is 67.3 Å². The second-order valence-corrected chi connectivity index (χ2v) is 27.9. The Labute approximate surface area is 442 Å². The van der Waals surface area contributed by atoms with Crippen LogP contribution >= 0.6 is 0 Å². The molecule has 13 aromatic rings. The highest BCUT2D eigenvalue weighted by molar-refractivity contribution is 7.22. The molecule has 0 amide bonds. The molecule has 3 aliphatic rings. The van der Waals surface area contributed by atoms with E-state index in [0.29, 0.717) is 17.6 Å². The Bertz CT molecular complexity index is 4500. The van der Waals surface area contributed by atoms with Crippen LogP contribution in [0.1, 0.15) is 22.6 Å². The maximum absolute atomic E-state index is 5.55. The summed E-state index contributed by atoms with van der Waals surface area (Å²) in [5, 5.41) is 13.4. The summed E-state index contributed by atoms with van der Waals surface area (Å²) in [4.78, 5) is 16.3. The van der Waals surface area contributed by atoms with Gasteiger partial charge >= 0.3 is 5.95 Å². The predicted molar refractivity (Wildman–Crippen MR) is 314 cm³/mol. The lowest BCUT2D eigenvalue weighted by molar-refractivity contribution is -0.603. The number of hydrogen-bond donors (Lipinski definition) is 0. The molecule has 7 heteroatoms. The van der Waals surface area contributed by atoms with Crippen LogP contribution in [0, 0.1) is 0 Å². The standard InChI is InChI=1S/C69H46N5Si2/c1-4-24-48(25-5-1)75(60-38-14-11-33-57(60)64-54-32-9-8-30-52(54)55-34-20-40-62(75)65(55)64)50-28-18-22-46(44-50)67-70-68(72-69(71-67)73-42-16-3-17-43-73)47-23-19-29-51(45-47)76(49-26-6-2-7-27-49)61-39-15-13-37-59(61)74-58-36-12-10-31-53(58)56-35-21-41-63(76)66(56)74/h1-45,64H/q+1. The average molecular weight is 1000 g/mol. The highest BCUT2D eigenvalue weighted by atomic mass is 28.3. The Morgan fingerprint density at radius 1 is 0.368 bits per heavy atom. The molecule has 10 aromatic carbocycles. The molecule has 0 fully saturated rings. The zero-order valence-corrected chi connectivity index (χ0v) is 43.3. The molecule has 3 atom stereocenters. The third kappa shape index (κ3) is 5.89. The first-order valence-electron chi connectivity index (χ1n) is 26.2. The first-order valence-corrected chi connectivity index (χ1v) is 30.2. The molecule has 0 radical (unpaired) electrons. The minimum absolute atomic E-state index is 0.169. The number of para-hydroxylation sites is 3. The van der Waals surface area contributed by atoms with E-state index in [9.17, 15) is 0 Å². The fraction of sp³-hybridized carbons (Fsp3) is 0.0145. The lowest BCUT2D eigenvalue weighted by Crippen LogP contribution is -2.77. The summed E-state index contributed by atoms with van der Waals surface area (Å²) in [6.45, 7) is 0. The van der Waals surface area contributed by atoms with Crippen LogP contribution in [0.5, 0.6) is 0 Å². The van der Waals surface area contributed by atoms with Gasteiger partial charge < -0.3 is 4.57 Å². The van der Waals surface area contributed by atoms with Crippen LogP contribution in [0.2, 0.25) is 0 Å². The number of fused-ring (bicyclic) bond motifs is 10. The van der Waals surface area contributed by atoms with Crippen molar-refractivity contribution in [2.45, 2.75) is 5.92 Å². The van der Waals surface area contributed by atoms with E-state index in [-0.39, 0.29) is 5.92 Å². The number of pyridine rings is 1. The van der Waals surface area contributed by atoms with Gasteiger partial charge in [-0.05, 0) is 128 Å². The second kappa shape index (κ2) is 16.6. The fourth-order valence-electron chi connectivity index (χ4n) is 13.9. The zero-order valence-electron chi connectivity index (χ0n) is 41.3. The minimum atomic E-state index is -3.03. The van der Waals surface area contributed by atoms with Gasteiger partial charge in [0.05, 0.1) is 23.4 Å². The Kier molecular flexibility index (Phi) is 9.37. The van der Waals surface area contributed by atoms with Crippen LogP contribution in [-0.4, -0.2) is 35.7 Å². The zero-order chi connectivity index (χ0) is 50.0. The van der Waals surface area contributed by atoms with E-state index >= 15 is 0 Å². The van der Waals surface area contributed by atoms with Gasteiger partial charge in [0.2, 0.25) is 11.6 Å². The second-order valence-electron chi connectivity index (χ2n) is 20.4. The van der Waals surface area contributed by atoms with Gasteiger partial charge in [-0.1, -0.05) is 212 Å². The Hall–Kier alpha value is -9.41. The summed E-state index contributed by atoms with van der Waals surface area (Å²) in [6, 6.07) is 97.3. The van der Waals surface area contributed by atoms with E-state index in [1.807, 2.05) is 35.2 Å². The van der Waals surface area contributed by atoms with Crippen molar-refractivity contribution in [3.05, 3.63) is 290 Å². The van der Waals surface area contributed by atoms with E-state index in [0.717, 1.165) is 11.1 Å². The lowest BCUT2D eigenvalue weighted by Gasteiger charge is -2.42. The van der Waals surface area contributed by atoms with Crippen molar-refractivity contribution in [2.75, 3.05) is 0 Å². The van der Waals surface area contributed by atoms with Gasteiger partial charge in [0.1, 0.15) is 0 Å². The van der Waals surface area contributed by atoms with Crippen LogP contribution < -0.4 is 46.1 Å². The van der Waals surface area contributed by atoms with Crippen LogP contribution in [0.3, 0.4) is 0 Å². The molecule has 0 saturated carbocycles. The quantitative estimate of drug-likeness (QED) is 0.118. The van der Waals surface area contributed by atoms with Crippen molar-refractivity contribution in [3.8, 4) is 45.5 Å².